The summed E-state index contributed by atoms with van der Waals surface area (Å²) in [5.74, 6) is 0.00175. The minimum atomic E-state index is -0.616. The number of aromatic nitrogens is 4. The molecule has 29 heavy (non-hydrogen) atoms. The third-order valence-electron chi connectivity index (χ3n) is 3.84. The standard InChI is InChI=1S/C20H20N6O3/c1-3-29-19-5-4-15(9-23-19)17-11-21-12-18(25-17)20(28)26-24-10-16-8-14(13(2)27)6-7-22-16/h4-13,27H,3H2,1-2H3,(H,26,28)/b24-10+. The summed E-state index contributed by atoms with van der Waals surface area (Å²) in [6, 6.07) is 6.91. The molecule has 9 heteroatoms. The van der Waals surface area contributed by atoms with Gasteiger partial charge in [-0.2, -0.15) is 5.10 Å². The second-order valence-corrected chi connectivity index (χ2v) is 6.00. The van der Waals surface area contributed by atoms with Gasteiger partial charge in [-0.25, -0.2) is 15.4 Å². The normalized spacial score (nSPS) is 12.0. The van der Waals surface area contributed by atoms with E-state index in [1.54, 1.807) is 49.8 Å². The van der Waals surface area contributed by atoms with Crippen LogP contribution in [0.5, 0.6) is 5.88 Å². The molecule has 0 aliphatic carbocycles. The van der Waals surface area contributed by atoms with E-state index in [9.17, 15) is 9.90 Å². The Kier molecular flexibility index (Phi) is 6.54. The van der Waals surface area contributed by atoms with Gasteiger partial charge < -0.3 is 9.84 Å². The van der Waals surface area contributed by atoms with Crippen molar-refractivity contribution in [1.29, 1.82) is 0 Å². The van der Waals surface area contributed by atoms with Crippen molar-refractivity contribution < 1.29 is 14.6 Å². The first-order valence-electron chi connectivity index (χ1n) is 8.95. The van der Waals surface area contributed by atoms with E-state index in [1.807, 2.05) is 6.92 Å². The SMILES string of the molecule is CCOc1ccc(-c2cncc(C(=O)N/N=C/c3cc(C(C)O)ccn3)n2)cn1. The maximum Gasteiger partial charge on any atom is 0.291 e. The van der Waals surface area contributed by atoms with Crippen LogP contribution in [-0.4, -0.2) is 43.8 Å². The summed E-state index contributed by atoms with van der Waals surface area (Å²) in [5.41, 5.74) is 4.92. The topological polar surface area (TPSA) is 122 Å². The molecular formula is C20H20N6O3. The number of hydrazone groups is 1. The number of nitrogens with zero attached hydrogens (tertiary/aromatic N) is 5. The van der Waals surface area contributed by atoms with Gasteiger partial charge in [0.15, 0.2) is 0 Å². The molecule has 0 saturated carbocycles. The van der Waals surface area contributed by atoms with Crippen LogP contribution in [0.1, 0.15) is 41.7 Å². The number of pyridine rings is 2. The zero-order valence-electron chi connectivity index (χ0n) is 16.0. The Hall–Kier alpha value is -3.72. The Morgan fingerprint density at radius 3 is 2.86 bits per heavy atom. The van der Waals surface area contributed by atoms with E-state index in [0.29, 0.717) is 35.0 Å². The van der Waals surface area contributed by atoms with Gasteiger partial charge in [-0.3, -0.25) is 14.8 Å². The van der Waals surface area contributed by atoms with Crippen molar-refractivity contribution in [1.82, 2.24) is 25.4 Å². The number of hydrogen-bond donors (Lipinski definition) is 2. The van der Waals surface area contributed by atoms with Crippen LogP contribution in [0, 0.1) is 0 Å². The van der Waals surface area contributed by atoms with Gasteiger partial charge in [0.1, 0.15) is 5.69 Å². The van der Waals surface area contributed by atoms with Crippen molar-refractivity contribution >= 4 is 12.1 Å². The lowest BCUT2D eigenvalue weighted by Gasteiger charge is -2.05. The number of rotatable bonds is 7. The summed E-state index contributed by atoms with van der Waals surface area (Å²) in [5, 5.41) is 13.5. The number of amides is 1. The van der Waals surface area contributed by atoms with Crippen molar-refractivity contribution in [3.8, 4) is 17.1 Å². The van der Waals surface area contributed by atoms with E-state index < -0.39 is 12.0 Å². The number of hydrogen-bond acceptors (Lipinski definition) is 8. The molecule has 9 nitrogen and oxygen atoms in total. The van der Waals surface area contributed by atoms with Crippen molar-refractivity contribution in [2.75, 3.05) is 6.61 Å². The lowest BCUT2D eigenvalue weighted by Crippen LogP contribution is -2.19. The van der Waals surface area contributed by atoms with E-state index in [4.69, 9.17) is 4.74 Å². The Labute approximate surface area is 167 Å². The summed E-state index contributed by atoms with van der Waals surface area (Å²) >= 11 is 0. The highest BCUT2D eigenvalue weighted by atomic mass is 16.5. The van der Waals surface area contributed by atoms with Crippen LogP contribution in [0.4, 0.5) is 0 Å². The van der Waals surface area contributed by atoms with Crippen LogP contribution in [0.15, 0.2) is 54.2 Å². The van der Waals surface area contributed by atoms with Crippen LogP contribution in [0.25, 0.3) is 11.3 Å². The van der Waals surface area contributed by atoms with Crippen molar-refractivity contribution in [2.45, 2.75) is 20.0 Å². The monoisotopic (exact) mass is 392 g/mol. The summed E-state index contributed by atoms with van der Waals surface area (Å²) < 4.78 is 5.31. The lowest BCUT2D eigenvalue weighted by atomic mass is 10.1. The first-order valence-corrected chi connectivity index (χ1v) is 8.95. The summed E-state index contributed by atoms with van der Waals surface area (Å²) in [6.07, 6.45) is 6.83. The van der Waals surface area contributed by atoms with E-state index >= 15 is 0 Å². The maximum atomic E-state index is 12.3. The van der Waals surface area contributed by atoms with Gasteiger partial charge in [0.2, 0.25) is 5.88 Å². The molecule has 0 aromatic carbocycles. The number of aliphatic hydroxyl groups excluding tert-OH is 1. The van der Waals surface area contributed by atoms with Gasteiger partial charge in [-0.15, -0.1) is 0 Å². The first kappa shape index (κ1) is 20.0. The van der Waals surface area contributed by atoms with Gasteiger partial charge in [-0.05, 0) is 37.6 Å². The highest BCUT2D eigenvalue weighted by Gasteiger charge is 2.10. The highest BCUT2D eigenvalue weighted by Crippen LogP contribution is 2.18. The molecule has 3 heterocycles. The predicted molar refractivity (Wildman–Crippen MR) is 106 cm³/mol. The van der Waals surface area contributed by atoms with E-state index in [2.05, 4.69) is 30.5 Å². The Morgan fingerprint density at radius 1 is 1.28 bits per heavy atom. The molecule has 1 unspecified atom stereocenters. The van der Waals surface area contributed by atoms with E-state index in [0.717, 1.165) is 0 Å². The van der Waals surface area contributed by atoms with Gasteiger partial charge in [-0.1, -0.05) is 0 Å². The van der Waals surface area contributed by atoms with Crippen LogP contribution >= 0.6 is 0 Å². The Morgan fingerprint density at radius 2 is 2.14 bits per heavy atom. The van der Waals surface area contributed by atoms with Crippen LogP contribution in [0.2, 0.25) is 0 Å². The molecule has 0 bridgehead atoms. The minimum Gasteiger partial charge on any atom is -0.478 e. The lowest BCUT2D eigenvalue weighted by molar-refractivity contribution is 0.0950. The molecule has 0 radical (unpaired) electrons. The molecule has 2 N–H and O–H groups in total. The molecule has 3 rings (SSSR count). The molecule has 0 aliphatic heterocycles. The molecular weight excluding hydrogens is 372 g/mol. The zero-order valence-corrected chi connectivity index (χ0v) is 16.0. The Balaban J connectivity index is 1.68. The third kappa shape index (κ3) is 5.39. The van der Waals surface area contributed by atoms with Crippen LogP contribution < -0.4 is 10.2 Å². The minimum absolute atomic E-state index is 0.110. The molecule has 3 aromatic heterocycles. The fourth-order valence-electron chi connectivity index (χ4n) is 2.39. The molecule has 1 atom stereocenters. The number of carbonyl (C=O) groups excluding carboxylic acids is 1. The molecule has 1 amide bonds. The molecule has 0 aliphatic rings. The highest BCUT2D eigenvalue weighted by molar-refractivity contribution is 5.93. The fraction of sp³-hybridized carbons (Fsp3) is 0.200. The molecule has 0 fully saturated rings. The number of ether oxygens (including phenoxy) is 1. The average Bonchev–Trinajstić information content (AvgIpc) is 2.75. The average molecular weight is 392 g/mol. The zero-order chi connectivity index (χ0) is 20.6. The first-order chi connectivity index (χ1) is 14.1. The molecule has 0 spiro atoms. The fourth-order valence-corrected chi connectivity index (χ4v) is 2.39. The number of aliphatic hydroxyl groups is 1. The number of carbonyl (C=O) groups is 1. The largest absolute Gasteiger partial charge is 0.478 e. The van der Waals surface area contributed by atoms with E-state index in [1.165, 1.54) is 12.4 Å². The third-order valence-corrected chi connectivity index (χ3v) is 3.84. The van der Waals surface area contributed by atoms with Crippen molar-refractivity contribution in [2.24, 2.45) is 5.10 Å². The second kappa shape index (κ2) is 9.47. The summed E-state index contributed by atoms with van der Waals surface area (Å²) in [4.78, 5) is 29.0. The van der Waals surface area contributed by atoms with Gasteiger partial charge in [0.25, 0.3) is 5.91 Å². The van der Waals surface area contributed by atoms with E-state index in [-0.39, 0.29) is 5.69 Å². The maximum absolute atomic E-state index is 12.3. The second-order valence-electron chi connectivity index (χ2n) is 6.00. The summed E-state index contributed by atoms with van der Waals surface area (Å²) in [7, 11) is 0. The molecule has 0 saturated heterocycles. The number of nitrogens with one attached hydrogen (secondary N) is 1. The van der Waals surface area contributed by atoms with Crippen LogP contribution in [-0.2, 0) is 0 Å². The molecule has 148 valence electrons. The van der Waals surface area contributed by atoms with Gasteiger partial charge >= 0.3 is 0 Å². The Bertz CT molecular complexity index is 1010. The van der Waals surface area contributed by atoms with Crippen molar-refractivity contribution in [3.05, 3.63) is 66.0 Å². The quantitative estimate of drug-likeness (QED) is 0.466. The van der Waals surface area contributed by atoms with Crippen LogP contribution in [0.3, 0.4) is 0 Å². The van der Waals surface area contributed by atoms with Gasteiger partial charge in [0.05, 0.1) is 42.7 Å². The summed E-state index contributed by atoms with van der Waals surface area (Å²) in [6.45, 7) is 4.07. The van der Waals surface area contributed by atoms with Gasteiger partial charge in [0, 0.05) is 24.0 Å². The van der Waals surface area contributed by atoms with Crippen molar-refractivity contribution in [3.63, 3.8) is 0 Å². The molecule has 3 aromatic rings. The predicted octanol–water partition coefficient (Wildman–Crippen LogP) is 2.15. The smallest absolute Gasteiger partial charge is 0.291 e.